The third kappa shape index (κ3) is 4.92. The predicted molar refractivity (Wildman–Crippen MR) is 103 cm³/mol. The molecule has 5 heteroatoms. The summed E-state index contributed by atoms with van der Waals surface area (Å²) in [6.07, 6.45) is 0. The predicted octanol–water partition coefficient (Wildman–Crippen LogP) is 4.00. The van der Waals surface area contributed by atoms with Crippen LogP contribution in [0.3, 0.4) is 0 Å². The number of hydrogen-bond acceptors (Lipinski definition) is 3. The van der Waals surface area contributed by atoms with Gasteiger partial charge in [0.15, 0.2) is 0 Å². The fourth-order valence-corrected chi connectivity index (χ4v) is 3.83. The topological polar surface area (TPSA) is 58.2 Å². The van der Waals surface area contributed by atoms with Crippen LogP contribution in [-0.2, 0) is 4.79 Å². The Morgan fingerprint density at radius 2 is 1.64 bits per heavy atom. The Morgan fingerprint density at radius 1 is 1.00 bits per heavy atom. The molecule has 1 heterocycles. The molecule has 0 saturated carbocycles. The minimum Gasteiger partial charge on any atom is -0.348 e. The zero-order chi connectivity index (χ0) is 18.6. The van der Waals surface area contributed by atoms with Crippen molar-refractivity contribution in [2.24, 2.45) is 5.92 Å². The first-order chi connectivity index (χ1) is 11.8. The Bertz CT molecular complexity index is 737. The second kappa shape index (κ2) is 8.30. The molecule has 0 aliphatic rings. The number of nitrogens with one attached hydrogen (secondary N) is 2. The van der Waals surface area contributed by atoms with E-state index in [9.17, 15) is 9.59 Å². The van der Waals surface area contributed by atoms with Crippen LogP contribution in [0.2, 0.25) is 0 Å². The van der Waals surface area contributed by atoms with Crippen LogP contribution in [0.1, 0.15) is 52.5 Å². The van der Waals surface area contributed by atoms with Gasteiger partial charge < -0.3 is 10.6 Å². The van der Waals surface area contributed by atoms with Gasteiger partial charge in [-0.05, 0) is 50.5 Å². The summed E-state index contributed by atoms with van der Waals surface area (Å²) in [5, 5.41) is 5.90. The third-order valence-corrected chi connectivity index (χ3v) is 5.16. The SMILES string of the molecule is Cc1cc([C@@H](C)NC(=O)[C@@H](NC(=O)c2ccccc2)C(C)C)c(C)s1. The summed E-state index contributed by atoms with van der Waals surface area (Å²) in [6.45, 7) is 9.96. The first-order valence-electron chi connectivity index (χ1n) is 8.52. The van der Waals surface area contributed by atoms with Crippen molar-refractivity contribution in [2.75, 3.05) is 0 Å². The van der Waals surface area contributed by atoms with Gasteiger partial charge in [-0.15, -0.1) is 11.3 Å². The van der Waals surface area contributed by atoms with Crippen LogP contribution in [-0.4, -0.2) is 17.9 Å². The zero-order valence-electron chi connectivity index (χ0n) is 15.4. The molecule has 0 aliphatic heterocycles. The van der Waals surface area contributed by atoms with Crippen molar-refractivity contribution in [3.05, 3.63) is 57.3 Å². The molecule has 0 unspecified atom stereocenters. The lowest BCUT2D eigenvalue weighted by Crippen LogP contribution is -2.50. The monoisotopic (exact) mass is 358 g/mol. The lowest BCUT2D eigenvalue weighted by molar-refractivity contribution is -0.124. The summed E-state index contributed by atoms with van der Waals surface area (Å²) < 4.78 is 0. The van der Waals surface area contributed by atoms with E-state index in [2.05, 4.69) is 30.5 Å². The molecule has 0 aliphatic carbocycles. The van der Waals surface area contributed by atoms with Gasteiger partial charge in [-0.2, -0.15) is 0 Å². The van der Waals surface area contributed by atoms with Crippen molar-refractivity contribution in [1.82, 2.24) is 10.6 Å². The number of thiophene rings is 1. The van der Waals surface area contributed by atoms with Crippen LogP contribution in [0.15, 0.2) is 36.4 Å². The molecule has 2 atom stereocenters. The van der Waals surface area contributed by atoms with Crippen molar-refractivity contribution in [3.8, 4) is 0 Å². The Balaban J connectivity index is 2.07. The van der Waals surface area contributed by atoms with Crippen molar-refractivity contribution in [1.29, 1.82) is 0 Å². The molecular formula is C20H26N2O2S. The van der Waals surface area contributed by atoms with Crippen molar-refractivity contribution < 1.29 is 9.59 Å². The van der Waals surface area contributed by atoms with E-state index in [1.165, 1.54) is 9.75 Å². The molecule has 0 bridgehead atoms. The van der Waals surface area contributed by atoms with Gasteiger partial charge in [0.1, 0.15) is 6.04 Å². The fourth-order valence-electron chi connectivity index (χ4n) is 2.81. The number of carbonyl (C=O) groups excluding carboxylic acids is 2. The van der Waals surface area contributed by atoms with Gasteiger partial charge >= 0.3 is 0 Å². The average molecular weight is 359 g/mol. The largest absolute Gasteiger partial charge is 0.348 e. The van der Waals surface area contributed by atoms with Gasteiger partial charge in [-0.1, -0.05) is 32.0 Å². The van der Waals surface area contributed by atoms with Crippen molar-refractivity contribution in [3.63, 3.8) is 0 Å². The molecule has 25 heavy (non-hydrogen) atoms. The van der Waals surface area contributed by atoms with E-state index in [0.29, 0.717) is 5.56 Å². The van der Waals surface area contributed by atoms with Crippen LogP contribution in [0, 0.1) is 19.8 Å². The van der Waals surface area contributed by atoms with Crippen LogP contribution in [0.25, 0.3) is 0 Å². The summed E-state index contributed by atoms with van der Waals surface area (Å²) in [7, 11) is 0. The highest BCUT2D eigenvalue weighted by atomic mass is 32.1. The molecule has 0 spiro atoms. The van der Waals surface area contributed by atoms with Crippen LogP contribution < -0.4 is 10.6 Å². The Labute approximate surface area is 153 Å². The Morgan fingerprint density at radius 3 is 2.16 bits per heavy atom. The van der Waals surface area contributed by atoms with E-state index in [0.717, 1.165) is 5.56 Å². The van der Waals surface area contributed by atoms with E-state index in [-0.39, 0.29) is 23.8 Å². The summed E-state index contributed by atoms with van der Waals surface area (Å²) in [5.74, 6) is -0.398. The molecule has 0 fully saturated rings. The highest BCUT2D eigenvalue weighted by Gasteiger charge is 2.26. The maximum Gasteiger partial charge on any atom is 0.251 e. The number of amides is 2. The second-order valence-electron chi connectivity index (χ2n) is 6.66. The maximum absolute atomic E-state index is 12.7. The molecule has 1 aromatic heterocycles. The van der Waals surface area contributed by atoms with Gasteiger partial charge in [0.05, 0.1) is 6.04 Å². The van der Waals surface area contributed by atoms with Crippen molar-refractivity contribution >= 4 is 23.2 Å². The minimum absolute atomic E-state index is 0.00910. The van der Waals surface area contributed by atoms with Crippen molar-refractivity contribution in [2.45, 2.75) is 46.7 Å². The van der Waals surface area contributed by atoms with Crippen LogP contribution in [0.4, 0.5) is 0 Å². The smallest absolute Gasteiger partial charge is 0.251 e. The quantitative estimate of drug-likeness (QED) is 0.820. The summed E-state index contributed by atoms with van der Waals surface area (Å²) in [6, 6.07) is 10.4. The highest BCUT2D eigenvalue weighted by Crippen LogP contribution is 2.26. The minimum atomic E-state index is -0.574. The normalized spacial score (nSPS) is 13.4. The van der Waals surface area contributed by atoms with Crippen LogP contribution in [0.5, 0.6) is 0 Å². The number of rotatable bonds is 6. The fraction of sp³-hybridized carbons (Fsp3) is 0.400. The molecule has 1 aromatic carbocycles. The maximum atomic E-state index is 12.7. The van der Waals surface area contributed by atoms with Gasteiger partial charge in [0, 0.05) is 15.3 Å². The van der Waals surface area contributed by atoms with Gasteiger partial charge in [0.25, 0.3) is 5.91 Å². The van der Waals surface area contributed by atoms with Gasteiger partial charge in [0.2, 0.25) is 5.91 Å². The van der Waals surface area contributed by atoms with Gasteiger partial charge in [-0.25, -0.2) is 0 Å². The molecule has 4 nitrogen and oxygen atoms in total. The summed E-state index contributed by atoms with van der Waals surface area (Å²) in [4.78, 5) is 27.6. The molecule has 0 radical (unpaired) electrons. The third-order valence-electron chi connectivity index (χ3n) is 4.18. The van der Waals surface area contributed by atoms with E-state index < -0.39 is 6.04 Å². The average Bonchev–Trinajstić information content (AvgIpc) is 2.91. The van der Waals surface area contributed by atoms with E-state index >= 15 is 0 Å². The second-order valence-corrected chi connectivity index (χ2v) is 8.12. The summed E-state index contributed by atoms with van der Waals surface area (Å²) in [5.41, 5.74) is 1.69. The van der Waals surface area contributed by atoms with Gasteiger partial charge in [-0.3, -0.25) is 9.59 Å². The Kier molecular flexibility index (Phi) is 6.37. The number of aryl methyl sites for hydroxylation is 2. The first kappa shape index (κ1) is 19.2. The number of hydrogen-bond donors (Lipinski definition) is 2. The Hall–Kier alpha value is -2.14. The zero-order valence-corrected chi connectivity index (χ0v) is 16.2. The molecule has 2 amide bonds. The molecule has 2 N–H and O–H groups in total. The van der Waals surface area contributed by atoms with Crippen LogP contribution >= 0.6 is 11.3 Å². The molecular weight excluding hydrogens is 332 g/mol. The van der Waals surface area contributed by atoms with E-state index in [1.807, 2.05) is 39.0 Å². The van der Waals surface area contributed by atoms with E-state index in [4.69, 9.17) is 0 Å². The number of carbonyl (C=O) groups is 2. The molecule has 2 rings (SSSR count). The van der Waals surface area contributed by atoms with E-state index in [1.54, 1.807) is 23.5 Å². The molecule has 0 saturated heterocycles. The summed E-state index contributed by atoms with van der Waals surface area (Å²) >= 11 is 1.73. The number of benzene rings is 1. The standard InChI is InChI=1S/C20H26N2O2S/c1-12(2)18(22-19(23)16-9-7-6-8-10-16)20(24)21-14(4)17-11-13(3)25-15(17)5/h6-12,14,18H,1-5H3,(H,21,24)(H,22,23)/t14-,18+/m1/s1. The lowest BCUT2D eigenvalue weighted by atomic mass is 10.0. The highest BCUT2D eigenvalue weighted by molar-refractivity contribution is 7.12. The molecule has 134 valence electrons. The molecule has 2 aromatic rings. The lowest BCUT2D eigenvalue weighted by Gasteiger charge is -2.24. The first-order valence-corrected chi connectivity index (χ1v) is 9.34.